The molecule has 10 heteroatoms. The van der Waals surface area contributed by atoms with E-state index in [4.69, 9.17) is 16.3 Å². The molecular weight excluding hydrogens is 384 g/mol. The number of amides is 1. The summed E-state index contributed by atoms with van der Waals surface area (Å²) in [5, 5.41) is 12.9. The summed E-state index contributed by atoms with van der Waals surface area (Å²) in [5.74, 6) is 1.87. The lowest BCUT2D eigenvalue weighted by Crippen LogP contribution is -2.47. The van der Waals surface area contributed by atoms with E-state index in [2.05, 4.69) is 25.2 Å². The molecule has 0 radical (unpaired) electrons. The third-order valence-corrected chi connectivity index (χ3v) is 5.35. The third kappa shape index (κ3) is 3.75. The quantitative estimate of drug-likeness (QED) is 0.804. The second-order valence-corrected chi connectivity index (χ2v) is 7.16. The number of halogens is 1. The zero-order valence-corrected chi connectivity index (χ0v) is 16.0. The van der Waals surface area contributed by atoms with Crippen LogP contribution >= 0.6 is 11.6 Å². The fourth-order valence-corrected chi connectivity index (χ4v) is 3.80. The van der Waals surface area contributed by atoms with Gasteiger partial charge in [-0.3, -0.25) is 4.98 Å². The molecule has 148 valence electrons. The van der Waals surface area contributed by atoms with Crippen molar-refractivity contribution in [1.82, 2.24) is 19.9 Å². The van der Waals surface area contributed by atoms with Crippen LogP contribution in [0.15, 0.2) is 24.8 Å². The Hall–Kier alpha value is -2.81. The number of nitrogens with zero attached hydrogens (tertiary/aromatic N) is 5. The Morgan fingerprint density at radius 2 is 2.11 bits per heavy atom. The number of aromatic nitrogens is 3. The van der Waals surface area contributed by atoms with Gasteiger partial charge in [0.05, 0.1) is 17.3 Å². The summed E-state index contributed by atoms with van der Waals surface area (Å²) in [6.45, 7) is 2.41. The van der Waals surface area contributed by atoms with Crippen molar-refractivity contribution in [3.63, 3.8) is 0 Å². The van der Waals surface area contributed by atoms with Crippen LogP contribution in [-0.2, 0) is 0 Å². The van der Waals surface area contributed by atoms with Crippen LogP contribution in [0.3, 0.4) is 0 Å². The number of piperidine rings is 1. The van der Waals surface area contributed by atoms with Gasteiger partial charge >= 0.3 is 6.09 Å². The van der Waals surface area contributed by atoms with Gasteiger partial charge in [0.25, 0.3) is 0 Å². The molecule has 9 nitrogen and oxygen atoms in total. The highest BCUT2D eigenvalue weighted by atomic mass is 35.5. The number of carbonyl (C=O) groups is 1. The van der Waals surface area contributed by atoms with Gasteiger partial charge in [0.1, 0.15) is 6.33 Å². The van der Waals surface area contributed by atoms with Crippen LogP contribution in [0, 0.1) is 0 Å². The Labute approximate surface area is 167 Å². The first-order valence-electron chi connectivity index (χ1n) is 9.22. The van der Waals surface area contributed by atoms with E-state index in [0.29, 0.717) is 42.0 Å². The first-order valence-corrected chi connectivity index (χ1v) is 9.60. The maximum atomic E-state index is 11.2. The van der Waals surface area contributed by atoms with Crippen molar-refractivity contribution in [2.75, 3.05) is 36.5 Å². The van der Waals surface area contributed by atoms with E-state index in [9.17, 15) is 9.90 Å². The van der Waals surface area contributed by atoms with Crippen molar-refractivity contribution < 1.29 is 14.6 Å². The van der Waals surface area contributed by atoms with Gasteiger partial charge in [-0.05, 0) is 25.3 Å². The molecule has 1 saturated heterocycles. The maximum absolute atomic E-state index is 11.2. The topological polar surface area (TPSA) is 104 Å². The van der Waals surface area contributed by atoms with Gasteiger partial charge in [-0.1, -0.05) is 11.6 Å². The normalized spacial score (nSPS) is 17.5. The minimum absolute atomic E-state index is 0.211. The van der Waals surface area contributed by atoms with Crippen LogP contribution in [0.4, 0.5) is 22.1 Å². The lowest BCUT2D eigenvalue weighted by molar-refractivity contribution is 0.131. The van der Waals surface area contributed by atoms with E-state index >= 15 is 0 Å². The highest BCUT2D eigenvalue weighted by Crippen LogP contribution is 2.38. The minimum atomic E-state index is -0.860. The van der Waals surface area contributed by atoms with E-state index in [1.165, 1.54) is 11.2 Å². The molecule has 2 aliphatic rings. The number of likely N-dealkylation sites (tertiary alicyclic amines) is 1. The number of hydrogen-bond acceptors (Lipinski definition) is 7. The molecule has 4 rings (SSSR count). The summed E-state index contributed by atoms with van der Waals surface area (Å²) in [6, 6.07) is 1.98. The molecule has 1 fully saturated rings. The highest BCUT2D eigenvalue weighted by Gasteiger charge is 2.31. The Bertz CT molecular complexity index is 859. The number of rotatable bonds is 3. The van der Waals surface area contributed by atoms with Crippen molar-refractivity contribution in [2.24, 2.45) is 0 Å². The molecule has 0 aliphatic carbocycles. The minimum Gasteiger partial charge on any atom is -0.486 e. The molecular formula is C18H21ClN6O3. The smallest absolute Gasteiger partial charge is 0.407 e. The summed E-state index contributed by atoms with van der Waals surface area (Å²) in [6.07, 6.45) is 6.23. The van der Waals surface area contributed by atoms with E-state index in [1.54, 1.807) is 18.5 Å². The van der Waals surface area contributed by atoms with Crippen LogP contribution in [0.25, 0.3) is 0 Å². The SMILES string of the molecule is O=C(O)N1CCC(N2CCCOc3c(Nc4ccncc4Cl)ncnc32)CC1. The summed E-state index contributed by atoms with van der Waals surface area (Å²) in [7, 11) is 0. The van der Waals surface area contributed by atoms with Gasteiger partial charge in [-0.2, -0.15) is 0 Å². The fourth-order valence-electron chi connectivity index (χ4n) is 3.63. The summed E-state index contributed by atoms with van der Waals surface area (Å²) in [4.78, 5) is 27.7. The molecule has 2 aromatic rings. The molecule has 0 aromatic carbocycles. The van der Waals surface area contributed by atoms with Crippen molar-refractivity contribution >= 4 is 35.0 Å². The number of ether oxygens (including phenoxy) is 1. The van der Waals surface area contributed by atoms with E-state index in [-0.39, 0.29) is 6.04 Å². The van der Waals surface area contributed by atoms with Gasteiger partial charge in [0.15, 0.2) is 11.6 Å². The van der Waals surface area contributed by atoms with Crippen LogP contribution in [0.2, 0.25) is 5.02 Å². The van der Waals surface area contributed by atoms with Crippen LogP contribution < -0.4 is 15.0 Å². The number of pyridine rings is 1. The molecule has 0 unspecified atom stereocenters. The van der Waals surface area contributed by atoms with Crippen LogP contribution in [0.5, 0.6) is 5.75 Å². The largest absolute Gasteiger partial charge is 0.486 e. The monoisotopic (exact) mass is 404 g/mol. The highest BCUT2D eigenvalue weighted by molar-refractivity contribution is 6.33. The number of nitrogens with one attached hydrogen (secondary N) is 1. The van der Waals surface area contributed by atoms with Crippen molar-refractivity contribution in [3.05, 3.63) is 29.8 Å². The van der Waals surface area contributed by atoms with Crippen molar-refractivity contribution in [2.45, 2.75) is 25.3 Å². The predicted molar refractivity (Wildman–Crippen MR) is 105 cm³/mol. The number of anilines is 3. The maximum Gasteiger partial charge on any atom is 0.407 e. The van der Waals surface area contributed by atoms with Crippen molar-refractivity contribution in [1.29, 1.82) is 0 Å². The summed E-state index contributed by atoms with van der Waals surface area (Å²) in [5.41, 5.74) is 0.687. The number of fused-ring (bicyclic) bond motifs is 1. The Kier molecular flexibility index (Phi) is 5.34. The predicted octanol–water partition coefficient (Wildman–Crippen LogP) is 3.00. The lowest BCUT2D eigenvalue weighted by Gasteiger charge is -2.37. The summed E-state index contributed by atoms with van der Waals surface area (Å²) < 4.78 is 5.98. The standard InChI is InChI=1S/C18H21ClN6O3/c19-13-10-20-5-2-14(13)23-16-15-17(22-11-21-16)25(6-1-9-28-15)12-3-7-24(8-4-12)18(26)27/h2,5,10-12H,1,3-4,6-9H2,(H,26,27)(H,20,21,22,23). The van der Waals surface area contributed by atoms with Gasteiger partial charge in [-0.25, -0.2) is 14.8 Å². The number of carboxylic acid groups (broad SMARTS) is 1. The van der Waals surface area contributed by atoms with Gasteiger partial charge < -0.3 is 25.0 Å². The lowest BCUT2D eigenvalue weighted by atomic mass is 10.0. The van der Waals surface area contributed by atoms with E-state index < -0.39 is 6.09 Å². The van der Waals surface area contributed by atoms with Gasteiger partial charge in [0.2, 0.25) is 5.75 Å². The molecule has 0 saturated carbocycles. The van der Waals surface area contributed by atoms with Crippen LogP contribution in [-0.4, -0.2) is 63.3 Å². The Morgan fingerprint density at radius 1 is 1.29 bits per heavy atom. The zero-order valence-electron chi connectivity index (χ0n) is 15.2. The number of hydrogen-bond donors (Lipinski definition) is 2. The molecule has 4 heterocycles. The van der Waals surface area contributed by atoms with Gasteiger partial charge in [-0.15, -0.1) is 0 Å². The van der Waals surface area contributed by atoms with Crippen LogP contribution in [0.1, 0.15) is 19.3 Å². The molecule has 2 N–H and O–H groups in total. The Balaban J connectivity index is 1.60. The molecule has 28 heavy (non-hydrogen) atoms. The molecule has 0 bridgehead atoms. The van der Waals surface area contributed by atoms with Crippen molar-refractivity contribution in [3.8, 4) is 5.75 Å². The molecule has 0 atom stereocenters. The second-order valence-electron chi connectivity index (χ2n) is 6.75. The summed E-state index contributed by atoms with van der Waals surface area (Å²) >= 11 is 6.21. The molecule has 2 aliphatic heterocycles. The molecule has 2 aromatic heterocycles. The molecule has 0 spiro atoms. The first kappa shape index (κ1) is 18.5. The van der Waals surface area contributed by atoms with E-state index in [1.807, 2.05) is 0 Å². The van der Waals surface area contributed by atoms with E-state index in [0.717, 1.165) is 31.6 Å². The average molecular weight is 405 g/mol. The Morgan fingerprint density at radius 3 is 2.86 bits per heavy atom. The zero-order chi connectivity index (χ0) is 19.5. The average Bonchev–Trinajstić information content (AvgIpc) is 2.93. The molecule has 1 amide bonds. The first-order chi connectivity index (χ1) is 13.6. The fraction of sp³-hybridized carbons (Fsp3) is 0.444. The van der Waals surface area contributed by atoms with Gasteiger partial charge in [0, 0.05) is 38.1 Å². The third-order valence-electron chi connectivity index (χ3n) is 5.05. The second kappa shape index (κ2) is 8.05.